The zero-order chi connectivity index (χ0) is 10.2. The van der Waals surface area contributed by atoms with Crippen molar-refractivity contribution < 1.29 is 8.85 Å². The van der Waals surface area contributed by atoms with Crippen molar-refractivity contribution >= 4 is 9.28 Å². The summed E-state index contributed by atoms with van der Waals surface area (Å²) in [5, 5.41) is 3.35. The van der Waals surface area contributed by atoms with Crippen LogP contribution in [-0.4, -0.2) is 61.1 Å². The Bertz CT molecular complexity index is 139. The van der Waals surface area contributed by atoms with E-state index in [1.54, 1.807) is 14.2 Å². The van der Waals surface area contributed by atoms with Crippen molar-refractivity contribution in [2.24, 2.45) is 0 Å². The monoisotopic (exact) mass is 218 g/mol. The second-order valence-electron chi connectivity index (χ2n) is 3.63. The molecule has 1 heterocycles. The van der Waals surface area contributed by atoms with E-state index in [-0.39, 0.29) is 0 Å². The molecule has 1 aliphatic heterocycles. The van der Waals surface area contributed by atoms with Gasteiger partial charge in [-0.3, -0.25) is 0 Å². The zero-order valence-electron chi connectivity index (χ0n) is 9.29. The Morgan fingerprint density at radius 3 is 2.43 bits per heavy atom. The van der Waals surface area contributed by atoms with E-state index in [9.17, 15) is 0 Å². The van der Waals surface area contributed by atoms with Crippen LogP contribution in [0.25, 0.3) is 0 Å². The van der Waals surface area contributed by atoms with Crippen molar-refractivity contribution in [3.8, 4) is 0 Å². The van der Waals surface area contributed by atoms with Crippen molar-refractivity contribution in [3.05, 3.63) is 0 Å². The first-order valence-corrected chi connectivity index (χ1v) is 7.11. The van der Waals surface area contributed by atoms with Crippen LogP contribution in [0.4, 0.5) is 0 Å². The molecular formula is C9H22N2O2Si. The zero-order valence-corrected chi connectivity index (χ0v) is 10.4. The SMILES string of the molecule is CO[SiH](CCCN1CCNCC1)OC. The van der Waals surface area contributed by atoms with Crippen LogP contribution in [0.15, 0.2) is 0 Å². The lowest BCUT2D eigenvalue weighted by Gasteiger charge is -2.27. The molecule has 1 fully saturated rings. The van der Waals surface area contributed by atoms with Gasteiger partial charge in [-0.2, -0.15) is 0 Å². The molecule has 1 rings (SSSR count). The molecule has 0 unspecified atom stereocenters. The molecule has 0 bridgehead atoms. The summed E-state index contributed by atoms with van der Waals surface area (Å²) in [6.45, 7) is 5.83. The van der Waals surface area contributed by atoms with E-state index in [0.717, 1.165) is 19.1 Å². The van der Waals surface area contributed by atoms with Crippen LogP contribution < -0.4 is 5.32 Å². The van der Waals surface area contributed by atoms with Gasteiger partial charge < -0.3 is 19.1 Å². The summed E-state index contributed by atoms with van der Waals surface area (Å²) in [6, 6.07) is 1.12. The van der Waals surface area contributed by atoms with E-state index < -0.39 is 9.28 Å². The molecule has 0 aromatic heterocycles. The number of rotatable bonds is 6. The summed E-state index contributed by atoms with van der Waals surface area (Å²) < 4.78 is 10.5. The van der Waals surface area contributed by atoms with E-state index >= 15 is 0 Å². The summed E-state index contributed by atoms with van der Waals surface area (Å²) in [5.74, 6) is 0. The Balaban J connectivity index is 2.01. The van der Waals surface area contributed by atoms with Gasteiger partial charge in [0, 0.05) is 40.4 Å². The Morgan fingerprint density at radius 1 is 1.21 bits per heavy atom. The van der Waals surface area contributed by atoms with Gasteiger partial charge in [-0.05, 0) is 19.0 Å². The molecule has 1 aliphatic rings. The van der Waals surface area contributed by atoms with Crippen LogP contribution >= 0.6 is 0 Å². The summed E-state index contributed by atoms with van der Waals surface area (Å²) in [5.41, 5.74) is 0. The van der Waals surface area contributed by atoms with Crippen molar-refractivity contribution in [3.63, 3.8) is 0 Å². The maximum absolute atomic E-state index is 5.27. The molecule has 5 heteroatoms. The standard InChI is InChI=1S/C9H22N2O2Si/c1-12-14(13-2)9-3-6-11-7-4-10-5-8-11/h10,14H,3-9H2,1-2H3. The number of piperazine rings is 1. The van der Waals surface area contributed by atoms with E-state index in [0.29, 0.717) is 0 Å². The first kappa shape index (κ1) is 12.1. The van der Waals surface area contributed by atoms with Gasteiger partial charge >= 0.3 is 9.28 Å². The minimum Gasteiger partial charge on any atom is -0.400 e. The average Bonchev–Trinajstić information content (AvgIpc) is 2.26. The van der Waals surface area contributed by atoms with E-state index in [1.807, 2.05) is 0 Å². The van der Waals surface area contributed by atoms with E-state index in [2.05, 4.69) is 10.2 Å². The molecule has 1 saturated heterocycles. The molecule has 0 aliphatic carbocycles. The van der Waals surface area contributed by atoms with Crippen LogP contribution in [0.3, 0.4) is 0 Å². The first-order chi connectivity index (χ1) is 6.86. The van der Waals surface area contributed by atoms with Crippen molar-refractivity contribution in [1.29, 1.82) is 0 Å². The minimum absolute atomic E-state index is 1.12. The highest BCUT2D eigenvalue weighted by molar-refractivity contribution is 6.44. The molecule has 0 amide bonds. The first-order valence-electron chi connectivity index (χ1n) is 5.35. The van der Waals surface area contributed by atoms with E-state index in [4.69, 9.17) is 8.85 Å². The number of nitrogens with one attached hydrogen (secondary N) is 1. The molecule has 4 nitrogen and oxygen atoms in total. The Hall–Kier alpha value is 0.0569. The van der Waals surface area contributed by atoms with Crippen molar-refractivity contribution in [2.75, 3.05) is 46.9 Å². The average molecular weight is 218 g/mol. The van der Waals surface area contributed by atoms with Gasteiger partial charge in [0.25, 0.3) is 0 Å². The molecule has 0 aromatic rings. The fourth-order valence-electron chi connectivity index (χ4n) is 1.75. The third kappa shape index (κ3) is 4.52. The molecule has 0 aromatic carbocycles. The second-order valence-corrected chi connectivity index (χ2v) is 6.01. The fourth-order valence-corrected chi connectivity index (χ4v) is 2.93. The highest BCUT2D eigenvalue weighted by Gasteiger charge is 2.12. The van der Waals surface area contributed by atoms with Crippen molar-refractivity contribution in [1.82, 2.24) is 10.2 Å². The normalized spacial score (nSPS) is 19.1. The van der Waals surface area contributed by atoms with Gasteiger partial charge in [0.15, 0.2) is 0 Å². The summed E-state index contributed by atoms with van der Waals surface area (Å²) in [7, 11) is 2.20. The van der Waals surface area contributed by atoms with Gasteiger partial charge in [0.2, 0.25) is 0 Å². The summed E-state index contributed by atoms with van der Waals surface area (Å²) in [6.07, 6.45) is 1.21. The summed E-state index contributed by atoms with van der Waals surface area (Å²) >= 11 is 0. The number of hydrogen-bond acceptors (Lipinski definition) is 4. The number of nitrogens with zero attached hydrogens (tertiary/aromatic N) is 1. The molecule has 0 radical (unpaired) electrons. The lowest BCUT2D eigenvalue weighted by molar-refractivity contribution is 0.234. The largest absolute Gasteiger partial charge is 0.400 e. The fraction of sp³-hybridized carbons (Fsp3) is 1.00. The van der Waals surface area contributed by atoms with Crippen molar-refractivity contribution in [2.45, 2.75) is 12.5 Å². The van der Waals surface area contributed by atoms with Crippen LogP contribution in [0.1, 0.15) is 6.42 Å². The summed E-state index contributed by atoms with van der Waals surface area (Å²) in [4.78, 5) is 2.51. The van der Waals surface area contributed by atoms with Gasteiger partial charge in [0.1, 0.15) is 0 Å². The van der Waals surface area contributed by atoms with Crippen LogP contribution in [0.5, 0.6) is 0 Å². The Kier molecular flexibility index (Phi) is 6.38. The molecular weight excluding hydrogens is 196 g/mol. The molecule has 1 N–H and O–H groups in total. The number of hydrogen-bond donors (Lipinski definition) is 1. The minimum atomic E-state index is -1.31. The second kappa shape index (κ2) is 7.36. The molecule has 0 saturated carbocycles. The Morgan fingerprint density at radius 2 is 1.86 bits per heavy atom. The van der Waals surface area contributed by atoms with E-state index in [1.165, 1.54) is 26.1 Å². The maximum atomic E-state index is 5.27. The molecule has 14 heavy (non-hydrogen) atoms. The van der Waals surface area contributed by atoms with Gasteiger partial charge in [-0.1, -0.05) is 0 Å². The third-order valence-corrected chi connectivity index (χ3v) is 4.58. The topological polar surface area (TPSA) is 33.7 Å². The van der Waals surface area contributed by atoms with Crippen LogP contribution in [0, 0.1) is 0 Å². The van der Waals surface area contributed by atoms with Crippen LogP contribution in [-0.2, 0) is 8.85 Å². The third-order valence-electron chi connectivity index (χ3n) is 2.65. The smallest absolute Gasteiger partial charge is 0.320 e. The van der Waals surface area contributed by atoms with Crippen LogP contribution in [0.2, 0.25) is 6.04 Å². The maximum Gasteiger partial charge on any atom is 0.320 e. The molecule has 0 spiro atoms. The molecule has 0 atom stereocenters. The van der Waals surface area contributed by atoms with Gasteiger partial charge in [-0.25, -0.2) is 0 Å². The lowest BCUT2D eigenvalue weighted by atomic mass is 10.3. The predicted molar refractivity (Wildman–Crippen MR) is 59.9 cm³/mol. The Labute approximate surface area is 88.4 Å². The quantitative estimate of drug-likeness (QED) is 0.626. The highest BCUT2D eigenvalue weighted by Crippen LogP contribution is 2.02. The highest BCUT2D eigenvalue weighted by atomic mass is 28.3. The molecule has 84 valence electrons. The van der Waals surface area contributed by atoms with Gasteiger partial charge in [-0.15, -0.1) is 0 Å². The predicted octanol–water partition coefficient (Wildman–Crippen LogP) is -0.205. The van der Waals surface area contributed by atoms with Gasteiger partial charge in [0.05, 0.1) is 0 Å². The lowest BCUT2D eigenvalue weighted by Crippen LogP contribution is -2.43.